The van der Waals surface area contributed by atoms with Crippen LogP contribution in [0.2, 0.25) is 0 Å². The standard InChI is InChI=1S/C31H32N6O2S/c1-20-19-40-28(33-20)26-12-8-14-37(26)29(38)24-16-22(25-11-7-13-36(25)3)15-23(17-24)27-34-35-30(39-27)31(2,32)18-21-9-5-4-6-10-21/h4-7,9-11,13,15-17,19,26H,8,12,14,18,32H2,1-3H3/t26-,31-/m1/s1. The molecule has 0 radical (unpaired) electrons. The number of thiazole rings is 1. The van der Waals surface area contributed by atoms with Crippen LogP contribution >= 0.6 is 11.3 Å². The number of rotatable bonds is 7. The Bertz CT molecular complexity index is 1650. The van der Waals surface area contributed by atoms with Crippen molar-refractivity contribution in [1.82, 2.24) is 24.6 Å². The number of nitrogens with two attached hydrogens (primary N) is 1. The molecule has 0 saturated carbocycles. The lowest BCUT2D eigenvalue weighted by Crippen LogP contribution is -2.35. The van der Waals surface area contributed by atoms with E-state index >= 15 is 0 Å². The largest absolute Gasteiger partial charge is 0.419 e. The molecule has 204 valence electrons. The van der Waals surface area contributed by atoms with Crippen molar-refractivity contribution in [3.8, 4) is 22.7 Å². The summed E-state index contributed by atoms with van der Waals surface area (Å²) >= 11 is 1.62. The Hall–Kier alpha value is -4.08. The first-order valence-electron chi connectivity index (χ1n) is 13.5. The summed E-state index contributed by atoms with van der Waals surface area (Å²) in [6.45, 7) is 4.57. The summed E-state index contributed by atoms with van der Waals surface area (Å²) in [5.41, 5.74) is 11.0. The molecule has 2 N–H and O–H groups in total. The van der Waals surface area contributed by atoms with Gasteiger partial charge in [-0.3, -0.25) is 4.79 Å². The lowest BCUT2D eigenvalue weighted by Gasteiger charge is -2.24. The Labute approximate surface area is 237 Å². The fourth-order valence-electron chi connectivity index (χ4n) is 5.41. The van der Waals surface area contributed by atoms with Gasteiger partial charge in [0.05, 0.1) is 11.6 Å². The minimum absolute atomic E-state index is 0.0146. The third-order valence-corrected chi connectivity index (χ3v) is 8.49. The second kappa shape index (κ2) is 10.5. The van der Waals surface area contributed by atoms with E-state index in [1.807, 2.05) is 103 Å². The Morgan fingerprint density at radius 2 is 1.93 bits per heavy atom. The number of aromatic nitrogens is 4. The van der Waals surface area contributed by atoms with Crippen LogP contribution in [0.5, 0.6) is 0 Å². The molecular weight excluding hydrogens is 520 g/mol. The van der Waals surface area contributed by atoms with Gasteiger partial charge in [-0.1, -0.05) is 30.3 Å². The molecule has 2 aromatic carbocycles. The molecule has 1 fully saturated rings. The van der Waals surface area contributed by atoms with Crippen molar-refractivity contribution >= 4 is 17.2 Å². The molecule has 2 atom stereocenters. The maximum absolute atomic E-state index is 14.0. The Morgan fingerprint density at radius 3 is 2.65 bits per heavy atom. The second-order valence-corrected chi connectivity index (χ2v) is 11.7. The summed E-state index contributed by atoms with van der Waals surface area (Å²) in [5.74, 6) is 0.653. The minimum Gasteiger partial charge on any atom is -0.419 e. The predicted molar refractivity (Wildman–Crippen MR) is 156 cm³/mol. The highest BCUT2D eigenvalue weighted by Crippen LogP contribution is 2.36. The van der Waals surface area contributed by atoms with Gasteiger partial charge < -0.3 is 19.6 Å². The molecule has 40 heavy (non-hydrogen) atoms. The van der Waals surface area contributed by atoms with Gasteiger partial charge >= 0.3 is 0 Å². The highest BCUT2D eigenvalue weighted by atomic mass is 32.1. The molecule has 3 aromatic heterocycles. The second-order valence-electron chi connectivity index (χ2n) is 10.8. The smallest absolute Gasteiger partial charge is 0.254 e. The van der Waals surface area contributed by atoms with Crippen LogP contribution in [0.15, 0.2) is 76.7 Å². The summed E-state index contributed by atoms with van der Waals surface area (Å²) < 4.78 is 8.20. The SMILES string of the molecule is Cc1csc([C@H]2CCCN2C(=O)c2cc(-c3nnc([C@](C)(N)Cc4ccccc4)o3)cc(-c3cccn3C)c2)n1. The van der Waals surface area contributed by atoms with Gasteiger partial charge in [0, 0.05) is 47.7 Å². The third kappa shape index (κ3) is 5.10. The van der Waals surface area contributed by atoms with Crippen LogP contribution in [0.4, 0.5) is 0 Å². The first-order valence-corrected chi connectivity index (χ1v) is 14.3. The Morgan fingerprint density at radius 1 is 1.12 bits per heavy atom. The number of nitrogens with zero attached hydrogens (tertiary/aromatic N) is 5. The highest BCUT2D eigenvalue weighted by Gasteiger charge is 2.33. The fraction of sp³-hybridized carbons (Fsp3) is 0.290. The molecule has 6 rings (SSSR count). The normalized spacial score (nSPS) is 16.8. The van der Waals surface area contributed by atoms with Crippen molar-refractivity contribution < 1.29 is 9.21 Å². The number of amides is 1. The molecule has 9 heteroatoms. The number of hydrogen-bond donors (Lipinski definition) is 1. The topological polar surface area (TPSA) is 103 Å². The molecule has 0 bridgehead atoms. The maximum Gasteiger partial charge on any atom is 0.254 e. The summed E-state index contributed by atoms with van der Waals surface area (Å²) in [6, 6.07) is 19.8. The van der Waals surface area contributed by atoms with Crippen LogP contribution in [-0.4, -0.2) is 37.1 Å². The van der Waals surface area contributed by atoms with Crippen molar-refractivity contribution in [1.29, 1.82) is 0 Å². The summed E-state index contributed by atoms with van der Waals surface area (Å²) in [6.07, 6.45) is 4.39. The van der Waals surface area contributed by atoms with Crippen LogP contribution in [0.25, 0.3) is 22.7 Å². The van der Waals surface area contributed by atoms with E-state index in [0.29, 0.717) is 35.9 Å². The molecule has 0 aliphatic carbocycles. The monoisotopic (exact) mass is 552 g/mol. The molecule has 4 heterocycles. The summed E-state index contributed by atoms with van der Waals surface area (Å²) in [7, 11) is 1.99. The van der Waals surface area contributed by atoms with Crippen molar-refractivity contribution in [3.05, 3.63) is 100.0 Å². The molecule has 1 aliphatic rings. The molecule has 5 aromatic rings. The molecule has 8 nitrogen and oxygen atoms in total. The molecule has 1 saturated heterocycles. The van der Waals surface area contributed by atoms with Crippen LogP contribution in [-0.2, 0) is 19.0 Å². The van der Waals surface area contributed by atoms with Crippen LogP contribution in [0.3, 0.4) is 0 Å². The number of carbonyl (C=O) groups excluding carboxylic acids is 1. The molecule has 0 unspecified atom stereocenters. The van der Waals surface area contributed by atoms with Crippen molar-refractivity contribution in [2.24, 2.45) is 12.8 Å². The molecule has 0 spiro atoms. The van der Waals surface area contributed by atoms with E-state index in [4.69, 9.17) is 10.2 Å². The zero-order chi connectivity index (χ0) is 27.9. The summed E-state index contributed by atoms with van der Waals surface area (Å²) in [4.78, 5) is 20.6. The predicted octanol–water partition coefficient (Wildman–Crippen LogP) is 5.90. The quantitative estimate of drug-likeness (QED) is 0.270. The van der Waals surface area contributed by atoms with Gasteiger partial charge in [-0.05, 0) is 74.6 Å². The van der Waals surface area contributed by atoms with E-state index in [0.717, 1.165) is 40.4 Å². The van der Waals surface area contributed by atoms with Crippen molar-refractivity contribution in [2.75, 3.05) is 6.54 Å². The van der Waals surface area contributed by atoms with Gasteiger partial charge in [-0.25, -0.2) is 4.98 Å². The number of likely N-dealkylation sites (tertiary alicyclic amines) is 1. The molecule has 1 aliphatic heterocycles. The molecule has 1 amide bonds. The lowest BCUT2D eigenvalue weighted by atomic mass is 9.94. The van der Waals surface area contributed by atoms with Crippen molar-refractivity contribution in [3.63, 3.8) is 0 Å². The van der Waals surface area contributed by atoms with Gasteiger partial charge in [0.1, 0.15) is 5.01 Å². The highest BCUT2D eigenvalue weighted by molar-refractivity contribution is 7.09. The third-order valence-electron chi connectivity index (χ3n) is 7.43. The van der Waals surface area contributed by atoms with E-state index in [2.05, 4.69) is 15.2 Å². The van der Waals surface area contributed by atoms with Crippen LogP contribution in [0.1, 0.15) is 58.3 Å². The number of benzene rings is 2. The Balaban J connectivity index is 1.37. The average Bonchev–Trinajstić information content (AvgIpc) is 3.75. The van der Waals surface area contributed by atoms with Crippen LogP contribution < -0.4 is 5.73 Å². The minimum atomic E-state index is -0.852. The number of hydrogen-bond acceptors (Lipinski definition) is 7. The maximum atomic E-state index is 14.0. The zero-order valence-corrected chi connectivity index (χ0v) is 23.7. The van der Waals surface area contributed by atoms with Gasteiger partial charge in [0.25, 0.3) is 5.91 Å². The van der Waals surface area contributed by atoms with Gasteiger partial charge in [-0.2, -0.15) is 0 Å². The zero-order valence-electron chi connectivity index (χ0n) is 22.9. The first-order chi connectivity index (χ1) is 19.3. The summed E-state index contributed by atoms with van der Waals surface area (Å²) in [5, 5.41) is 11.7. The lowest BCUT2D eigenvalue weighted by molar-refractivity contribution is 0.0735. The van der Waals surface area contributed by atoms with Crippen LogP contribution in [0, 0.1) is 6.92 Å². The van der Waals surface area contributed by atoms with Gasteiger partial charge in [0.15, 0.2) is 0 Å². The fourth-order valence-corrected chi connectivity index (χ4v) is 6.35. The Kier molecular flexibility index (Phi) is 6.85. The van der Waals surface area contributed by atoms with E-state index in [9.17, 15) is 4.79 Å². The van der Waals surface area contributed by atoms with E-state index in [-0.39, 0.29) is 11.9 Å². The van der Waals surface area contributed by atoms with E-state index in [1.54, 1.807) is 11.3 Å². The average molecular weight is 553 g/mol. The van der Waals surface area contributed by atoms with E-state index in [1.165, 1.54) is 0 Å². The number of carbonyl (C=O) groups is 1. The molecular formula is C31H32N6O2S. The van der Waals surface area contributed by atoms with Gasteiger partial charge in [-0.15, -0.1) is 21.5 Å². The van der Waals surface area contributed by atoms with E-state index < -0.39 is 5.54 Å². The number of aryl methyl sites for hydroxylation is 2. The first kappa shape index (κ1) is 26.2. The van der Waals surface area contributed by atoms with Crippen molar-refractivity contribution in [2.45, 2.75) is 44.7 Å². The van der Waals surface area contributed by atoms with Gasteiger partial charge in [0.2, 0.25) is 11.8 Å².